The van der Waals surface area contributed by atoms with Gasteiger partial charge in [-0.25, -0.2) is 0 Å². The molecule has 0 saturated carbocycles. The molecule has 1 atom stereocenters. The predicted octanol–water partition coefficient (Wildman–Crippen LogP) is 1.46. The van der Waals surface area contributed by atoms with Crippen molar-refractivity contribution in [2.75, 3.05) is 33.3 Å². The highest BCUT2D eigenvalue weighted by atomic mass is 16.3. The second-order valence-corrected chi connectivity index (χ2v) is 6.29. The van der Waals surface area contributed by atoms with E-state index in [1.807, 2.05) is 18.0 Å². The molecule has 2 saturated heterocycles. The SMILES string of the molecule is CN1C(=O)C[C@@H](c2ccccc2)C12CCN(CCO)CC2. The molecule has 1 spiro atoms. The van der Waals surface area contributed by atoms with Gasteiger partial charge in [0.25, 0.3) is 0 Å². The van der Waals surface area contributed by atoms with E-state index in [0.29, 0.717) is 12.3 Å². The standard InChI is InChI=1S/C17H24N2O2/c1-18-16(21)13-15(14-5-3-2-4-6-14)17(18)7-9-19(10-8-17)11-12-20/h2-6,15,20H,7-13H2,1H3/t15-/m0/s1. The lowest BCUT2D eigenvalue weighted by molar-refractivity contribution is -0.130. The monoisotopic (exact) mass is 288 g/mol. The van der Waals surface area contributed by atoms with Crippen LogP contribution in [0, 0.1) is 0 Å². The lowest BCUT2D eigenvalue weighted by atomic mass is 9.74. The van der Waals surface area contributed by atoms with Crippen LogP contribution in [0.2, 0.25) is 0 Å². The summed E-state index contributed by atoms with van der Waals surface area (Å²) in [6.45, 7) is 2.87. The van der Waals surface area contributed by atoms with Crippen LogP contribution < -0.4 is 0 Å². The van der Waals surface area contributed by atoms with Crippen LogP contribution in [0.3, 0.4) is 0 Å². The van der Waals surface area contributed by atoms with Crippen molar-refractivity contribution in [2.24, 2.45) is 0 Å². The molecule has 1 N–H and O–H groups in total. The Kier molecular flexibility index (Phi) is 4.00. The highest BCUT2D eigenvalue weighted by molar-refractivity contribution is 5.81. The highest BCUT2D eigenvalue weighted by Crippen LogP contribution is 2.47. The topological polar surface area (TPSA) is 43.8 Å². The Hall–Kier alpha value is -1.39. The van der Waals surface area contributed by atoms with E-state index in [0.717, 1.165) is 32.5 Å². The number of rotatable bonds is 3. The molecule has 2 aliphatic rings. The Labute approximate surface area is 126 Å². The van der Waals surface area contributed by atoms with Crippen LogP contribution in [-0.4, -0.2) is 59.6 Å². The van der Waals surface area contributed by atoms with Gasteiger partial charge in [-0.3, -0.25) is 4.79 Å². The summed E-state index contributed by atoms with van der Waals surface area (Å²) in [7, 11) is 1.97. The second kappa shape index (κ2) is 5.78. The van der Waals surface area contributed by atoms with E-state index < -0.39 is 0 Å². The smallest absolute Gasteiger partial charge is 0.223 e. The van der Waals surface area contributed by atoms with E-state index in [4.69, 9.17) is 5.11 Å². The first-order chi connectivity index (χ1) is 10.2. The van der Waals surface area contributed by atoms with Gasteiger partial charge in [0.05, 0.1) is 12.1 Å². The maximum absolute atomic E-state index is 12.3. The largest absolute Gasteiger partial charge is 0.395 e. The third-order valence-electron chi connectivity index (χ3n) is 5.41. The quantitative estimate of drug-likeness (QED) is 0.916. The van der Waals surface area contributed by atoms with Gasteiger partial charge in [0.15, 0.2) is 0 Å². The van der Waals surface area contributed by atoms with Crippen molar-refractivity contribution in [3.8, 4) is 0 Å². The molecule has 0 radical (unpaired) electrons. The number of amides is 1. The van der Waals surface area contributed by atoms with Gasteiger partial charge in [-0.15, -0.1) is 0 Å². The molecule has 2 heterocycles. The van der Waals surface area contributed by atoms with E-state index >= 15 is 0 Å². The minimum Gasteiger partial charge on any atom is -0.395 e. The van der Waals surface area contributed by atoms with Crippen LogP contribution in [0.1, 0.15) is 30.7 Å². The van der Waals surface area contributed by atoms with Gasteiger partial charge >= 0.3 is 0 Å². The first kappa shape index (κ1) is 14.5. The van der Waals surface area contributed by atoms with Gasteiger partial charge in [0, 0.05) is 39.0 Å². The third-order valence-corrected chi connectivity index (χ3v) is 5.41. The Morgan fingerprint density at radius 3 is 2.52 bits per heavy atom. The molecule has 1 aromatic carbocycles. The average Bonchev–Trinajstić information content (AvgIpc) is 2.76. The van der Waals surface area contributed by atoms with Crippen LogP contribution in [0.4, 0.5) is 0 Å². The maximum atomic E-state index is 12.3. The van der Waals surface area contributed by atoms with Crippen molar-refractivity contribution in [1.29, 1.82) is 0 Å². The highest BCUT2D eigenvalue weighted by Gasteiger charge is 2.52. The molecule has 114 valence electrons. The van der Waals surface area contributed by atoms with Crippen molar-refractivity contribution < 1.29 is 9.90 Å². The predicted molar refractivity (Wildman–Crippen MR) is 82.1 cm³/mol. The van der Waals surface area contributed by atoms with Gasteiger partial charge in [0.1, 0.15) is 0 Å². The molecule has 1 aromatic rings. The van der Waals surface area contributed by atoms with Crippen molar-refractivity contribution >= 4 is 5.91 Å². The number of carbonyl (C=O) groups is 1. The van der Waals surface area contributed by atoms with Gasteiger partial charge in [0.2, 0.25) is 5.91 Å². The van der Waals surface area contributed by atoms with Crippen molar-refractivity contribution in [3.63, 3.8) is 0 Å². The fourth-order valence-electron chi connectivity index (χ4n) is 4.09. The number of likely N-dealkylation sites (N-methyl/N-ethyl adjacent to an activating group) is 1. The van der Waals surface area contributed by atoms with Gasteiger partial charge < -0.3 is 14.9 Å². The number of hydrogen-bond acceptors (Lipinski definition) is 3. The fraction of sp³-hybridized carbons (Fsp3) is 0.588. The van der Waals surface area contributed by atoms with Gasteiger partial charge in [-0.05, 0) is 18.4 Å². The summed E-state index contributed by atoms with van der Waals surface area (Å²) in [4.78, 5) is 16.6. The van der Waals surface area contributed by atoms with E-state index in [9.17, 15) is 4.79 Å². The number of piperidine rings is 1. The summed E-state index contributed by atoms with van der Waals surface area (Å²) >= 11 is 0. The summed E-state index contributed by atoms with van der Waals surface area (Å²) in [5.74, 6) is 0.562. The minimum atomic E-state index is -0.0373. The van der Waals surface area contributed by atoms with Crippen molar-refractivity contribution in [2.45, 2.75) is 30.7 Å². The van der Waals surface area contributed by atoms with E-state index in [2.05, 4.69) is 29.2 Å². The van der Waals surface area contributed by atoms with Gasteiger partial charge in [-0.2, -0.15) is 0 Å². The molecule has 0 unspecified atom stereocenters. The summed E-state index contributed by atoms with van der Waals surface area (Å²) < 4.78 is 0. The lowest BCUT2D eigenvalue weighted by Crippen LogP contribution is -2.54. The molecular formula is C17H24N2O2. The molecule has 21 heavy (non-hydrogen) atoms. The van der Waals surface area contributed by atoms with E-state index in [-0.39, 0.29) is 18.1 Å². The number of β-amino-alcohol motifs (C(OH)–C–C–N with tert-alkyl or cyclic N) is 1. The van der Waals surface area contributed by atoms with E-state index in [1.165, 1.54) is 5.56 Å². The molecule has 2 fully saturated rings. The molecule has 4 heteroatoms. The molecule has 0 aromatic heterocycles. The maximum Gasteiger partial charge on any atom is 0.223 e. The van der Waals surface area contributed by atoms with Gasteiger partial charge in [-0.1, -0.05) is 30.3 Å². The zero-order chi connectivity index (χ0) is 14.9. The summed E-state index contributed by atoms with van der Waals surface area (Å²) in [6, 6.07) is 10.5. The summed E-state index contributed by atoms with van der Waals surface area (Å²) in [5.41, 5.74) is 1.25. The zero-order valence-electron chi connectivity index (χ0n) is 12.7. The van der Waals surface area contributed by atoms with Crippen molar-refractivity contribution in [1.82, 2.24) is 9.80 Å². The van der Waals surface area contributed by atoms with Crippen LogP contribution in [-0.2, 0) is 4.79 Å². The van der Waals surface area contributed by atoms with Crippen LogP contribution >= 0.6 is 0 Å². The third kappa shape index (κ3) is 2.47. The number of carbonyl (C=O) groups excluding carboxylic acids is 1. The molecule has 0 aliphatic carbocycles. The molecular weight excluding hydrogens is 264 g/mol. The minimum absolute atomic E-state index is 0.0373. The average molecular weight is 288 g/mol. The number of hydrogen-bond donors (Lipinski definition) is 1. The molecule has 2 aliphatic heterocycles. The molecule has 0 bridgehead atoms. The Morgan fingerprint density at radius 2 is 1.90 bits per heavy atom. The Balaban J connectivity index is 1.85. The normalized spacial score (nSPS) is 25.7. The van der Waals surface area contributed by atoms with Crippen LogP contribution in [0.25, 0.3) is 0 Å². The molecule has 3 rings (SSSR count). The lowest BCUT2D eigenvalue weighted by Gasteiger charge is -2.46. The van der Waals surface area contributed by atoms with Crippen molar-refractivity contribution in [3.05, 3.63) is 35.9 Å². The number of aliphatic hydroxyl groups excluding tert-OH is 1. The number of likely N-dealkylation sites (tertiary alicyclic amines) is 2. The summed E-state index contributed by atoms with van der Waals surface area (Å²) in [5, 5.41) is 9.09. The molecule has 4 nitrogen and oxygen atoms in total. The molecule has 1 amide bonds. The first-order valence-corrected chi connectivity index (χ1v) is 7.82. The Bertz CT molecular complexity index is 495. The number of nitrogens with zero attached hydrogens (tertiary/aromatic N) is 2. The number of aliphatic hydroxyl groups is 1. The fourth-order valence-corrected chi connectivity index (χ4v) is 4.09. The number of benzene rings is 1. The van der Waals surface area contributed by atoms with Crippen LogP contribution in [0.5, 0.6) is 0 Å². The summed E-state index contributed by atoms with van der Waals surface area (Å²) in [6.07, 6.45) is 2.62. The first-order valence-electron chi connectivity index (χ1n) is 7.82. The second-order valence-electron chi connectivity index (χ2n) is 6.29. The van der Waals surface area contributed by atoms with Crippen LogP contribution in [0.15, 0.2) is 30.3 Å². The Morgan fingerprint density at radius 1 is 1.24 bits per heavy atom. The zero-order valence-corrected chi connectivity index (χ0v) is 12.7. The van der Waals surface area contributed by atoms with E-state index in [1.54, 1.807) is 0 Å².